The van der Waals surface area contributed by atoms with E-state index in [0.717, 1.165) is 11.1 Å². The molecule has 0 saturated carbocycles. The van der Waals surface area contributed by atoms with Crippen LogP contribution in [0.15, 0.2) is 48.5 Å². The van der Waals surface area contributed by atoms with Crippen LogP contribution in [0.5, 0.6) is 0 Å². The molecular formula is C17H20O. The molecule has 0 bridgehead atoms. The summed E-state index contributed by atoms with van der Waals surface area (Å²) in [5, 5.41) is 11.0. The van der Waals surface area contributed by atoms with Crippen molar-refractivity contribution in [3.63, 3.8) is 0 Å². The maximum atomic E-state index is 11.0. The lowest BCUT2D eigenvalue weighted by Crippen LogP contribution is -2.26. The van der Waals surface area contributed by atoms with Crippen LogP contribution in [-0.2, 0) is 5.60 Å². The van der Waals surface area contributed by atoms with Crippen molar-refractivity contribution in [2.24, 2.45) is 0 Å². The Balaban J connectivity index is 2.56. The lowest BCUT2D eigenvalue weighted by Gasteiger charge is -2.28. The van der Waals surface area contributed by atoms with Crippen LogP contribution in [0.1, 0.15) is 35.6 Å². The second-order valence-electron chi connectivity index (χ2n) is 4.96. The van der Waals surface area contributed by atoms with E-state index in [2.05, 4.69) is 32.0 Å². The van der Waals surface area contributed by atoms with Crippen LogP contribution in [0.2, 0.25) is 0 Å². The fourth-order valence-electron chi connectivity index (χ4n) is 2.50. The summed E-state index contributed by atoms with van der Waals surface area (Å²) in [7, 11) is 0. The predicted octanol–water partition coefficient (Wildman–Crippen LogP) is 3.95. The molecular weight excluding hydrogens is 220 g/mol. The van der Waals surface area contributed by atoms with E-state index >= 15 is 0 Å². The third kappa shape index (κ3) is 2.32. The maximum absolute atomic E-state index is 11.0. The molecule has 1 unspecified atom stereocenters. The highest BCUT2D eigenvalue weighted by Gasteiger charge is 2.29. The summed E-state index contributed by atoms with van der Waals surface area (Å²) in [6, 6.07) is 16.2. The third-order valence-corrected chi connectivity index (χ3v) is 3.46. The smallest absolute Gasteiger partial charge is 0.114 e. The number of aliphatic hydroxyl groups is 1. The highest BCUT2D eigenvalue weighted by molar-refractivity contribution is 5.39. The van der Waals surface area contributed by atoms with E-state index in [4.69, 9.17) is 0 Å². The highest BCUT2D eigenvalue weighted by atomic mass is 16.3. The first-order valence-electron chi connectivity index (χ1n) is 6.43. The number of hydrogen-bond donors (Lipinski definition) is 1. The van der Waals surface area contributed by atoms with E-state index in [1.54, 1.807) is 0 Å². The minimum atomic E-state index is -0.891. The van der Waals surface area contributed by atoms with Crippen molar-refractivity contribution < 1.29 is 5.11 Å². The Morgan fingerprint density at radius 2 is 1.44 bits per heavy atom. The number of benzene rings is 2. The van der Waals surface area contributed by atoms with Gasteiger partial charge in [-0.15, -0.1) is 0 Å². The van der Waals surface area contributed by atoms with Crippen molar-refractivity contribution >= 4 is 0 Å². The molecule has 0 aliphatic carbocycles. The lowest BCUT2D eigenvalue weighted by atomic mass is 9.83. The summed E-state index contributed by atoms with van der Waals surface area (Å²) in [5.41, 5.74) is 3.42. The van der Waals surface area contributed by atoms with Gasteiger partial charge in [0.25, 0.3) is 0 Å². The number of aryl methyl sites for hydroxylation is 2. The summed E-state index contributed by atoms with van der Waals surface area (Å²) in [5.74, 6) is 0. The van der Waals surface area contributed by atoms with Gasteiger partial charge in [0.1, 0.15) is 5.60 Å². The Kier molecular flexibility index (Phi) is 3.53. The summed E-state index contributed by atoms with van der Waals surface area (Å²) < 4.78 is 0. The van der Waals surface area contributed by atoms with Crippen LogP contribution in [0.25, 0.3) is 0 Å². The molecule has 0 spiro atoms. The van der Waals surface area contributed by atoms with Gasteiger partial charge in [-0.2, -0.15) is 0 Å². The summed E-state index contributed by atoms with van der Waals surface area (Å²) in [6.45, 7) is 6.15. The van der Waals surface area contributed by atoms with Gasteiger partial charge in [0, 0.05) is 0 Å². The van der Waals surface area contributed by atoms with Crippen LogP contribution in [0, 0.1) is 13.8 Å². The van der Waals surface area contributed by atoms with Crippen LogP contribution < -0.4 is 0 Å². The maximum Gasteiger partial charge on any atom is 0.114 e. The van der Waals surface area contributed by atoms with Gasteiger partial charge in [0.05, 0.1) is 0 Å². The minimum absolute atomic E-state index is 0.667. The Hall–Kier alpha value is -1.60. The fourth-order valence-corrected chi connectivity index (χ4v) is 2.50. The Morgan fingerprint density at radius 3 is 1.94 bits per heavy atom. The van der Waals surface area contributed by atoms with Gasteiger partial charge in [-0.05, 0) is 31.4 Å². The molecule has 1 atom stereocenters. The summed E-state index contributed by atoms with van der Waals surface area (Å²) in [6.07, 6.45) is 0.667. The van der Waals surface area contributed by atoms with Gasteiger partial charge >= 0.3 is 0 Å². The van der Waals surface area contributed by atoms with Crippen LogP contribution in [-0.4, -0.2) is 5.11 Å². The number of hydrogen-bond acceptors (Lipinski definition) is 1. The molecule has 1 heteroatoms. The van der Waals surface area contributed by atoms with Crippen molar-refractivity contribution in [3.05, 3.63) is 70.8 Å². The summed E-state index contributed by atoms with van der Waals surface area (Å²) >= 11 is 0. The molecule has 1 N–H and O–H groups in total. The zero-order valence-corrected chi connectivity index (χ0v) is 11.3. The van der Waals surface area contributed by atoms with E-state index in [-0.39, 0.29) is 0 Å². The molecule has 0 fully saturated rings. The van der Waals surface area contributed by atoms with Gasteiger partial charge in [-0.3, -0.25) is 0 Å². The van der Waals surface area contributed by atoms with E-state index in [9.17, 15) is 5.11 Å². The van der Waals surface area contributed by atoms with Crippen molar-refractivity contribution in [2.45, 2.75) is 32.8 Å². The van der Waals surface area contributed by atoms with Gasteiger partial charge < -0.3 is 5.11 Å². The van der Waals surface area contributed by atoms with Crippen molar-refractivity contribution in [1.29, 1.82) is 0 Å². The van der Waals surface area contributed by atoms with Crippen molar-refractivity contribution in [3.8, 4) is 0 Å². The molecule has 0 aliphatic rings. The monoisotopic (exact) mass is 240 g/mol. The van der Waals surface area contributed by atoms with Crippen molar-refractivity contribution in [2.75, 3.05) is 0 Å². The molecule has 1 nitrogen and oxygen atoms in total. The average Bonchev–Trinajstić information content (AvgIpc) is 2.37. The quantitative estimate of drug-likeness (QED) is 0.861. The van der Waals surface area contributed by atoms with Crippen LogP contribution in [0.3, 0.4) is 0 Å². The molecule has 94 valence electrons. The van der Waals surface area contributed by atoms with E-state index in [1.807, 2.05) is 37.3 Å². The largest absolute Gasteiger partial charge is 0.380 e. The van der Waals surface area contributed by atoms with E-state index in [1.165, 1.54) is 11.1 Å². The van der Waals surface area contributed by atoms with Crippen LogP contribution >= 0.6 is 0 Å². The molecule has 0 amide bonds. The molecule has 0 aromatic heterocycles. The van der Waals surface area contributed by atoms with Gasteiger partial charge in [-0.25, -0.2) is 0 Å². The van der Waals surface area contributed by atoms with Gasteiger partial charge in [0.2, 0.25) is 0 Å². The van der Waals surface area contributed by atoms with Gasteiger partial charge in [-0.1, -0.05) is 66.6 Å². The Labute approximate surface area is 109 Å². The highest BCUT2D eigenvalue weighted by Crippen LogP contribution is 2.33. The first kappa shape index (κ1) is 12.8. The molecule has 2 aromatic carbocycles. The zero-order valence-electron chi connectivity index (χ0n) is 11.3. The molecule has 2 aromatic rings. The first-order valence-corrected chi connectivity index (χ1v) is 6.43. The first-order chi connectivity index (χ1) is 8.56. The van der Waals surface area contributed by atoms with Crippen LogP contribution in [0.4, 0.5) is 0 Å². The molecule has 0 aliphatic heterocycles. The van der Waals surface area contributed by atoms with Crippen molar-refractivity contribution in [1.82, 2.24) is 0 Å². The van der Waals surface area contributed by atoms with Gasteiger partial charge in [0.15, 0.2) is 0 Å². The Morgan fingerprint density at radius 1 is 0.889 bits per heavy atom. The minimum Gasteiger partial charge on any atom is -0.380 e. The molecule has 0 saturated heterocycles. The Bertz CT molecular complexity index is 510. The molecule has 0 radical (unpaired) electrons. The molecule has 0 heterocycles. The molecule has 2 rings (SSSR count). The fraction of sp³-hybridized carbons (Fsp3) is 0.294. The number of rotatable bonds is 3. The van der Waals surface area contributed by atoms with E-state index in [0.29, 0.717) is 6.42 Å². The third-order valence-electron chi connectivity index (χ3n) is 3.46. The SMILES string of the molecule is CCC(O)(c1ccccc1)c1cc(C)cc(C)c1. The average molecular weight is 240 g/mol. The summed E-state index contributed by atoms with van der Waals surface area (Å²) in [4.78, 5) is 0. The standard InChI is InChI=1S/C17H20O/c1-4-17(18,15-8-6-5-7-9-15)16-11-13(2)10-14(3)12-16/h5-12,18H,4H2,1-3H3. The lowest BCUT2D eigenvalue weighted by molar-refractivity contribution is 0.0764. The van der Waals surface area contributed by atoms with E-state index < -0.39 is 5.60 Å². The predicted molar refractivity (Wildman–Crippen MR) is 75.6 cm³/mol. The zero-order chi connectivity index (χ0) is 13.2. The molecule has 18 heavy (non-hydrogen) atoms. The topological polar surface area (TPSA) is 20.2 Å². The second-order valence-corrected chi connectivity index (χ2v) is 4.96. The second kappa shape index (κ2) is 4.95. The normalized spacial score (nSPS) is 14.2.